The second kappa shape index (κ2) is 5.07. The summed E-state index contributed by atoms with van der Waals surface area (Å²) in [6.07, 6.45) is 1.94. The molecule has 16 heavy (non-hydrogen) atoms. The number of aryl methyl sites for hydroxylation is 1. The molecule has 0 aliphatic heterocycles. The molecule has 0 saturated carbocycles. The van der Waals surface area contributed by atoms with Gasteiger partial charge in [-0.05, 0) is 13.3 Å². The molecule has 5 nitrogen and oxygen atoms in total. The van der Waals surface area contributed by atoms with Gasteiger partial charge in [-0.1, -0.05) is 19.1 Å². The summed E-state index contributed by atoms with van der Waals surface area (Å²) in [6.45, 7) is 3.57. The number of sulfonamides is 1. The summed E-state index contributed by atoms with van der Waals surface area (Å²) >= 11 is 6.00. The van der Waals surface area contributed by atoms with Crippen LogP contribution in [0.25, 0.3) is 0 Å². The fourth-order valence-electron chi connectivity index (χ4n) is 1.17. The average molecular weight is 279 g/mol. The summed E-state index contributed by atoms with van der Waals surface area (Å²) in [5.41, 5.74) is 5.39. The van der Waals surface area contributed by atoms with E-state index >= 15 is 0 Å². The Morgan fingerprint density at radius 2 is 2.38 bits per heavy atom. The minimum absolute atomic E-state index is 0.0247. The van der Waals surface area contributed by atoms with Crippen LogP contribution in [0.1, 0.15) is 18.2 Å². The highest BCUT2D eigenvalue weighted by Gasteiger charge is 2.27. The molecule has 0 aliphatic carbocycles. The topological polar surface area (TPSA) is 85.1 Å². The standard InChI is InChI=1S/C8H13N3O2S3/c1-3-6(7(9)14)16(12,13)11-8-10-4-5(2)15-8/h4,6H,3H2,1-2H3,(H2,9,14)(H,10,11). The molecule has 0 spiro atoms. The zero-order valence-electron chi connectivity index (χ0n) is 8.93. The van der Waals surface area contributed by atoms with Gasteiger partial charge in [-0.3, -0.25) is 4.72 Å². The van der Waals surface area contributed by atoms with Gasteiger partial charge in [0.25, 0.3) is 0 Å². The van der Waals surface area contributed by atoms with Crippen molar-refractivity contribution in [3.8, 4) is 0 Å². The fourth-order valence-corrected chi connectivity index (χ4v) is 3.93. The van der Waals surface area contributed by atoms with Crippen molar-refractivity contribution >= 4 is 43.7 Å². The van der Waals surface area contributed by atoms with E-state index < -0.39 is 15.3 Å². The quantitative estimate of drug-likeness (QED) is 0.793. The molecule has 0 saturated heterocycles. The predicted molar refractivity (Wildman–Crippen MR) is 70.3 cm³/mol. The predicted octanol–water partition coefficient (Wildman–Crippen LogP) is 1.26. The van der Waals surface area contributed by atoms with Crippen LogP contribution in [0.5, 0.6) is 0 Å². The third-order valence-corrected chi connectivity index (χ3v) is 5.12. The van der Waals surface area contributed by atoms with Crippen LogP contribution in [-0.4, -0.2) is 23.6 Å². The summed E-state index contributed by atoms with van der Waals surface area (Å²) in [7, 11) is -3.58. The molecule has 0 bridgehead atoms. The van der Waals surface area contributed by atoms with E-state index in [9.17, 15) is 8.42 Å². The molecular weight excluding hydrogens is 266 g/mol. The van der Waals surface area contributed by atoms with Crippen molar-refractivity contribution in [1.82, 2.24) is 4.98 Å². The second-order valence-corrected chi connectivity index (χ2v) is 6.79. The molecule has 0 amide bonds. The molecule has 90 valence electrons. The number of hydrogen-bond acceptors (Lipinski definition) is 5. The highest BCUT2D eigenvalue weighted by molar-refractivity contribution is 7.95. The zero-order chi connectivity index (χ0) is 12.3. The van der Waals surface area contributed by atoms with E-state index in [1.54, 1.807) is 13.1 Å². The summed E-state index contributed by atoms with van der Waals surface area (Å²) < 4.78 is 26.1. The van der Waals surface area contributed by atoms with Crippen molar-refractivity contribution in [3.05, 3.63) is 11.1 Å². The van der Waals surface area contributed by atoms with Crippen LogP contribution in [0, 0.1) is 6.92 Å². The maximum absolute atomic E-state index is 11.9. The summed E-state index contributed by atoms with van der Waals surface area (Å²) in [5.74, 6) is 0. The summed E-state index contributed by atoms with van der Waals surface area (Å²) in [4.78, 5) is 4.83. The minimum Gasteiger partial charge on any atom is -0.392 e. The molecule has 0 aromatic carbocycles. The number of aromatic nitrogens is 1. The van der Waals surface area contributed by atoms with Crippen LogP contribution in [0.4, 0.5) is 5.13 Å². The third kappa shape index (κ3) is 3.13. The van der Waals surface area contributed by atoms with Crippen LogP contribution < -0.4 is 10.5 Å². The van der Waals surface area contributed by atoms with Crippen LogP contribution in [0.2, 0.25) is 0 Å². The van der Waals surface area contributed by atoms with Gasteiger partial charge in [-0.15, -0.1) is 11.3 Å². The molecule has 0 fully saturated rings. The van der Waals surface area contributed by atoms with Gasteiger partial charge in [0.1, 0.15) is 5.25 Å². The number of thiocarbonyl (C=S) groups is 1. The smallest absolute Gasteiger partial charge is 0.243 e. The van der Waals surface area contributed by atoms with Gasteiger partial charge in [0.2, 0.25) is 10.0 Å². The van der Waals surface area contributed by atoms with E-state index in [4.69, 9.17) is 18.0 Å². The van der Waals surface area contributed by atoms with E-state index in [-0.39, 0.29) is 4.99 Å². The van der Waals surface area contributed by atoms with Crippen LogP contribution in [0.3, 0.4) is 0 Å². The molecule has 1 unspecified atom stereocenters. The number of nitrogens with one attached hydrogen (secondary N) is 1. The molecule has 1 aromatic heterocycles. The lowest BCUT2D eigenvalue weighted by Crippen LogP contribution is -2.37. The van der Waals surface area contributed by atoms with Gasteiger partial charge in [0.05, 0.1) is 4.99 Å². The van der Waals surface area contributed by atoms with Crippen molar-refractivity contribution in [3.63, 3.8) is 0 Å². The molecule has 1 atom stereocenters. The third-order valence-electron chi connectivity index (χ3n) is 1.91. The maximum atomic E-state index is 11.9. The Labute approximate surface area is 104 Å². The molecule has 1 heterocycles. The first-order valence-electron chi connectivity index (χ1n) is 4.60. The zero-order valence-corrected chi connectivity index (χ0v) is 11.4. The molecule has 1 rings (SSSR count). The van der Waals surface area contributed by atoms with Gasteiger partial charge in [0, 0.05) is 11.1 Å². The van der Waals surface area contributed by atoms with Gasteiger partial charge < -0.3 is 5.73 Å². The Kier molecular flexibility index (Phi) is 4.22. The van der Waals surface area contributed by atoms with Crippen molar-refractivity contribution in [2.45, 2.75) is 25.5 Å². The van der Waals surface area contributed by atoms with Gasteiger partial charge >= 0.3 is 0 Å². The minimum atomic E-state index is -3.58. The number of nitrogens with zero attached hydrogens (tertiary/aromatic N) is 1. The van der Waals surface area contributed by atoms with Crippen LogP contribution in [0.15, 0.2) is 6.20 Å². The van der Waals surface area contributed by atoms with Crippen LogP contribution in [-0.2, 0) is 10.0 Å². The first-order valence-corrected chi connectivity index (χ1v) is 7.37. The normalized spacial score (nSPS) is 13.4. The van der Waals surface area contributed by atoms with Crippen molar-refractivity contribution in [2.75, 3.05) is 4.72 Å². The number of hydrogen-bond donors (Lipinski definition) is 2. The maximum Gasteiger partial charge on any atom is 0.243 e. The van der Waals surface area contributed by atoms with E-state index in [2.05, 4.69) is 9.71 Å². The number of anilines is 1. The monoisotopic (exact) mass is 279 g/mol. The van der Waals surface area contributed by atoms with E-state index in [1.807, 2.05) is 6.92 Å². The van der Waals surface area contributed by atoms with Gasteiger partial charge in [0.15, 0.2) is 5.13 Å². The lowest BCUT2D eigenvalue weighted by molar-refractivity contribution is 0.594. The highest BCUT2D eigenvalue weighted by Crippen LogP contribution is 2.20. The van der Waals surface area contributed by atoms with E-state index in [0.717, 1.165) is 4.88 Å². The number of thiazole rings is 1. The Bertz CT molecular complexity index is 480. The molecule has 0 aliphatic rings. The number of nitrogens with two attached hydrogens (primary N) is 1. The van der Waals surface area contributed by atoms with Crippen molar-refractivity contribution in [1.29, 1.82) is 0 Å². The molecule has 1 aromatic rings. The van der Waals surface area contributed by atoms with Gasteiger partial charge in [-0.25, -0.2) is 13.4 Å². The Morgan fingerprint density at radius 3 is 2.75 bits per heavy atom. The molecule has 3 N–H and O–H groups in total. The van der Waals surface area contributed by atoms with Crippen LogP contribution >= 0.6 is 23.6 Å². The lowest BCUT2D eigenvalue weighted by atomic mass is 10.3. The van der Waals surface area contributed by atoms with E-state index in [0.29, 0.717) is 11.6 Å². The SMILES string of the molecule is CCC(C(N)=S)S(=O)(=O)Nc1ncc(C)s1. The first kappa shape index (κ1) is 13.3. The Balaban J connectivity index is 2.90. The Morgan fingerprint density at radius 1 is 1.75 bits per heavy atom. The fraction of sp³-hybridized carbons (Fsp3) is 0.500. The van der Waals surface area contributed by atoms with E-state index in [1.165, 1.54) is 11.3 Å². The summed E-state index contributed by atoms with van der Waals surface area (Å²) in [6, 6.07) is 0. The molecule has 8 heteroatoms. The molecule has 0 radical (unpaired) electrons. The molecular formula is C8H13N3O2S3. The largest absolute Gasteiger partial charge is 0.392 e. The second-order valence-electron chi connectivity index (χ2n) is 3.22. The number of rotatable bonds is 5. The summed E-state index contributed by atoms with van der Waals surface area (Å²) in [5, 5.41) is -0.515. The Hall–Kier alpha value is -0.730. The average Bonchev–Trinajstić information content (AvgIpc) is 2.49. The van der Waals surface area contributed by atoms with Crippen molar-refractivity contribution in [2.24, 2.45) is 5.73 Å². The first-order chi connectivity index (χ1) is 7.36. The lowest BCUT2D eigenvalue weighted by Gasteiger charge is -2.14. The van der Waals surface area contributed by atoms with Gasteiger partial charge in [-0.2, -0.15) is 0 Å². The highest BCUT2D eigenvalue weighted by atomic mass is 32.2. The van der Waals surface area contributed by atoms with Crippen molar-refractivity contribution < 1.29 is 8.42 Å².